The molecule has 0 radical (unpaired) electrons. The quantitative estimate of drug-likeness (QED) is 0.337. The Bertz CT molecular complexity index is 1370. The molecule has 0 aliphatic carbocycles. The molecule has 198 valence electrons. The van der Waals surface area contributed by atoms with Gasteiger partial charge in [-0.25, -0.2) is 8.42 Å². The average Bonchev–Trinajstić information content (AvgIpc) is 2.89. The molecule has 1 aliphatic rings. The van der Waals surface area contributed by atoms with Crippen molar-refractivity contribution < 1.29 is 17.9 Å². The highest BCUT2D eigenvalue weighted by Gasteiger charge is 2.35. The van der Waals surface area contributed by atoms with E-state index >= 15 is 0 Å². The van der Waals surface area contributed by atoms with Gasteiger partial charge in [-0.2, -0.15) is 4.31 Å². The number of hydrogen-bond donors (Lipinski definition) is 2. The summed E-state index contributed by atoms with van der Waals surface area (Å²) in [6, 6.07) is 12.0. The Hall–Kier alpha value is -2.59. The van der Waals surface area contributed by atoms with E-state index in [1.807, 2.05) is 24.3 Å². The van der Waals surface area contributed by atoms with Crippen LogP contribution in [0.5, 0.6) is 5.75 Å². The molecule has 1 amide bonds. The van der Waals surface area contributed by atoms with E-state index < -0.39 is 15.9 Å². The number of nitrogens with one attached hydrogen (secondary N) is 2. The van der Waals surface area contributed by atoms with E-state index in [4.69, 9.17) is 27.9 Å². The molecule has 1 saturated heterocycles. The summed E-state index contributed by atoms with van der Waals surface area (Å²) in [7, 11) is -3.86. The van der Waals surface area contributed by atoms with Crippen molar-refractivity contribution in [3.05, 3.63) is 58.7 Å². The van der Waals surface area contributed by atoms with Crippen molar-refractivity contribution in [3.63, 3.8) is 0 Å². The Labute approximate surface area is 227 Å². The van der Waals surface area contributed by atoms with Crippen LogP contribution in [0.3, 0.4) is 0 Å². The van der Waals surface area contributed by atoms with E-state index in [0.717, 1.165) is 16.6 Å². The van der Waals surface area contributed by atoms with Crippen molar-refractivity contribution in [3.8, 4) is 5.75 Å². The predicted molar refractivity (Wildman–Crippen MR) is 147 cm³/mol. The number of ether oxygens (including phenoxy) is 1. The highest BCUT2D eigenvalue weighted by Crippen LogP contribution is 2.32. The van der Waals surface area contributed by atoms with E-state index in [9.17, 15) is 13.2 Å². The lowest BCUT2D eigenvalue weighted by Gasteiger charge is -2.31. The molecular weight excluding hydrogens is 535 g/mol. The van der Waals surface area contributed by atoms with Crippen molar-refractivity contribution in [2.75, 3.05) is 38.1 Å². The number of carbonyl (C=O) groups excluding carboxylic acids is 1. The maximum atomic E-state index is 13.4. The molecule has 1 unspecified atom stereocenters. The highest BCUT2D eigenvalue weighted by molar-refractivity contribution is 7.89. The fourth-order valence-electron chi connectivity index (χ4n) is 4.41. The standard InChI is InChI=1S/C26H30Cl2N4O4S/c1-2-36-24-9-7-20(28)16-25(24)37(34,35)32-14-3-5-18(17-32)26(33)31-12-4-11-29-22-10-13-30-23-15-19(27)6-8-21(22)23/h6-10,13,15-16,18H,2-5,11-12,14,17H2,1H3,(H,29,30)(H,31,33). The number of nitrogens with zero attached hydrogens (tertiary/aromatic N) is 2. The molecule has 37 heavy (non-hydrogen) atoms. The molecular formula is C26H30Cl2N4O4S. The van der Waals surface area contributed by atoms with Gasteiger partial charge in [0.2, 0.25) is 15.9 Å². The third kappa shape index (κ3) is 6.65. The van der Waals surface area contributed by atoms with Crippen LogP contribution in [0.4, 0.5) is 5.69 Å². The molecule has 1 aromatic heterocycles. The van der Waals surface area contributed by atoms with Gasteiger partial charge in [0, 0.05) is 53.5 Å². The molecule has 4 rings (SSSR count). The van der Waals surface area contributed by atoms with Gasteiger partial charge in [-0.1, -0.05) is 23.2 Å². The highest BCUT2D eigenvalue weighted by atomic mass is 35.5. The van der Waals surface area contributed by atoms with E-state index in [-0.39, 0.29) is 23.1 Å². The van der Waals surface area contributed by atoms with Gasteiger partial charge in [0.1, 0.15) is 10.6 Å². The molecule has 1 aliphatic heterocycles. The fraction of sp³-hybridized carbons (Fsp3) is 0.385. The van der Waals surface area contributed by atoms with Crippen LogP contribution < -0.4 is 15.4 Å². The predicted octanol–water partition coefficient (Wildman–Crippen LogP) is 4.96. The monoisotopic (exact) mass is 564 g/mol. The minimum atomic E-state index is -3.86. The summed E-state index contributed by atoms with van der Waals surface area (Å²) in [4.78, 5) is 17.2. The summed E-state index contributed by atoms with van der Waals surface area (Å²) >= 11 is 12.1. The van der Waals surface area contributed by atoms with E-state index in [0.29, 0.717) is 55.5 Å². The zero-order valence-electron chi connectivity index (χ0n) is 20.5. The Morgan fingerprint density at radius 1 is 1.14 bits per heavy atom. The van der Waals surface area contributed by atoms with Gasteiger partial charge in [0.15, 0.2) is 0 Å². The van der Waals surface area contributed by atoms with Crippen LogP contribution in [-0.2, 0) is 14.8 Å². The maximum Gasteiger partial charge on any atom is 0.246 e. The van der Waals surface area contributed by atoms with E-state index in [2.05, 4.69) is 15.6 Å². The Morgan fingerprint density at radius 2 is 1.92 bits per heavy atom. The smallest absolute Gasteiger partial charge is 0.246 e. The van der Waals surface area contributed by atoms with Crippen LogP contribution in [-0.4, -0.2) is 56.4 Å². The van der Waals surface area contributed by atoms with Gasteiger partial charge in [0.05, 0.1) is 18.0 Å². The number of fused-ring (bicyclic) bond motifs is 1. The second kappa shape index (κ2) is 12.3. The largest absolute Gasteiger partial charge is 0.492 e. The molecule has 0 bridgehead atoms. The molecule has 1 fully saturated rings. The molecule has 2 heterocycles. The van der Waals surface area contributed by atoms with Crippen molar-refractivity contribution in [2.45, 2.75) is 31.1 Å². The zero-order chi connectivity index (χ0) is 26.4. The van der Waals surface area contributed by atoms with Gasteiger partial charge in [-0.05, 0) is 68.7 Å². The minimum Gasteiger partial charge on any atom is -0.492 e. The first-order valence-electron chi connectivity index (χ1n) is 12.3. The van der Waals surface area contributed by atoms with Crippen LogP contribution in [0.1, 0.15) is 26.2 Å². The Kier molecular flexibility index (Phi) is 9.13. The van der Waals surface area contributed by atoms with Gasteiger partial charge >= 0.3 is 0 Å². The van der Waals surface area contributed by atoms with Crippen LogP contribution in [0.15, 0.2) is 53.6 Å². The number of benzene rings is 2. The molecule has 0 saturated carbocycles. The number of rotatable bonds is 10. The molecule has 11 heteroatoms. The topological polar surface area (TPSA) is 101 Å². The number of pyridine rings is 1. The lowest BCUT2D eigenvalue weighted by atomic mass is 9.99. The number of aromatic nitrogens is 1. The number of anilines is 1. The van der Waals surface area contributed by atoms with Crippen LogP contribution >= 0.6 is 23.2 Å². The van der Waals surface area contributed by atoms with Crippen molar-refractivity contribution in [1.29, 1.82) is 0 Å². The summed E-state index contributed by atoms with van der Waals surface area (Å²) in [5, 5.41) is 8.27. The number of amides is 1. The SMILES string of the molecule is CCOc1ccc(Cl)cc1S(=O)(=O)N1CCCC(C(=O)NCCCNc2ccnc3cc(Cl)ccc23)C1. The summed E-state index contributed by atoms with van der Waals surface area (Å²) in [5.41, 5.74) is 1.77. The second-order valence-electron chi connectivity index (χ2n) is 8.82. The normalized spacial score (nSPS) is 16.5. The van der Waals surface area contributed by atoms with Crippen LogP contribution in [0, 0.1) is 5.92 Å². The number of sulfonamides is 1. The van der Waals surface area contributed by atoms with Crippen LogP contribution in [0.25, 0.3) is 10.9 Å². The lowest BCUT2D eigenvalue weighted by Crippen LogP contribution is -2.45. The van der Waals surface area contributed by atoms with Crippen molar-refractivity contribution in [1.82, 2.24) is 14.6 Å². The molecule has 2 aromatic carbocycles. The molecule has 1 atom stereocenters. The van der Waals surface area contributed by atoms with Crippen LogP contribution in [0.2, 0.25) is 10.0 Å². The Balaban J connectivity index is 1.30. The first-order valence-corrected chi connectivity index (χ1v) is 14.5. The number of halogens is 2. The number of piperidine rings is 1. The summed E-state index contributed by atoms with van der Waals surface area (Å²) in [5.74, 6) is -0.295. The zero-order valence-corrected chi connectivity index (χ0v) is 22.9. The van der Waals surface area contributed by atoms with Crippen molar-refractivity contribution >= 4 is 55.7 Å². The minimum absolute atomic E-state index is 0.0277. The third-order valence-corrected chi connectivity index (χ3v) is 8.61. The first kappa shape index (κ1) is 27.4. The maximum absolute atomic E-state index is 13.4. The van der Waals surface area contributed by atoms with Gasteiger partial charge in [0.25, 0.3) is 0 Å². The first-order chi connectivity index (χ1) is 17.8. The number of carbonyl (C=O) groups is 1. The summed E-state index contributed by atoms with van der Waals surface area (Å²) in [6.07, 6.45) is 3.67. The second-order valence-corrected chi connectivity index (χ2v) is 11.6. The number of hydrogen-bond acceptors (Lipinski definition) is 6. The Morgan fingerprint density at radius 3 is 2.73 bits per heavy atom. The summed E-state index contributed by atoms with van der Waals surface area (Å²) < 4.78 is 33.6. The van der Waals surface area contributed by atoms with Gasteiger partial charge in [-0.3, -0.25) is 9.78 Å². The fourth-order valence-corrected chi connectivity index (χ4v) is 6.50. The van der Waals surface area contributed by atoms with E-state index in [1.54, 1.807) is 25.3 Å². The molecule has 8 nitrogen and oxygen atoms in total. The molecule has 2 N–H and O–H groups in total. The average molecular weight is 566 g/mol. The third-order valence-electron chi connectivity index (χ3n) is 6.25. The van der Waals surface area contributed by atoms with Crippen molar-refractivity contribution in [2.24, 2.45) is 5.92 Å². The summed E-state index contributed by atoms with van der Waals surface area (Å²) in [6.45, 7) is 3.72. The van der Waals surface area contributed by atoms with Gasteiger partial charge in [-0.15, -0.1) is 0 Å². The molecule has 0 spiro atoms. The lowest BCUT2D eigenvalue weighted by molar-refractivity contribution is -0.126. The van der Waals surface area contributed by atoms with E-state index in [1.165, 1.54) is 10.4 Å². The molecule has 3 aromatic rings. The van der Waals surface area contributed by atoms with Gasteiger partial charge < -0.3 is 15.4 Å².